The number of sulfonamides is 1. The lowest BCUT2D eigenvalue weighted by Gasteiger charge is -2.22. The van der Waals surface area contributed by atoms with E-state index in [1.165, 1.54) is 18.2 Å². The highest BCUT2D eigenvalue weighted by atomic mass is 35.5. The number of hydrogen-bond acceptors (Lipinski definition) is 4. The fourth-order valence-electron chi connectivity index (χ4n) is 1.80. The molecule has 7 heteroatoms. The van der Waals surface area contributed by atoms with E-state index in [4.69, 9.17) is 16.3 Å². The SMILES string of the molecule is O=S(=O)(Nc1ccc(O)c(Cl)c1)C1CCOCC1. The van der Waals surface area contributed by atoms with Crippen molar-refractivity contribution in [3.05, 3.63) is 23.2 Å². The van der Waals surface area contributed by atoms with Crippen molar-refractivity contribution < 1.29 is 18.3 Å². The molecule has 0 radical (unpaired) electrons. The maximum absolute atomic E-state index is 12.1. The van der Waals surface area contributed by atoms with Crippen LogP contribution in [0.1, 0.15) is 12.8 Å². The number of phenolic OH excluding ortho intramolecular Hbond substituents is 1. The van der Waals surface area contributed by atoms with Gasteiger partial charge in [-0.3, -0.25) is 4.72 Å². The Labute approximate surface area is 111 Å². The van der Waals surface area contributed by atoms with Crippen molar-refractivity contribution >= 4 is 27.3 Å². The third kappa shape index (κ3) is 3.07. The number of hydrogen-bond donors (Lipinski definition) is 2. The summed E-state index contributed by atoms with van der Waals surface area (Å²) in [6, 6.07) is 4.20. The number of nitrogens with one attached hydrogen (secondary N) is 1. The van der Waals surface area contributed by atoms with E-state index in [0.717, 1.165) is 0 Å². The van der Waals surface area contributed by atoms with Gasteiger partial charge in [-0.1, -0.05) is 11.6 Å². The van der Waals surface area contributed by atoms with Crippen molar-refractivity contribution in [2.45, 2.75) is 18.1 Å². The van der Waals surface area contributed by atoms with Gasteiger partial charge in [0.05, 0.1) is 16.0 Å². The van der Waals surface area contributed by atoms with Crippen LogP contribution in [0.15, 0.2) is 18.2 Å². The number of ether oxygens (including phenoxy) is 1. The first-order chi connectivity index (χ1) is 8.49. The molecule has 2 N–H and O–H groups in total. The van der Waals surface area contributed by atoms with E-state index >= 15 is 0 Å². The second kappa shape index (κ2) is 5.34. The number of anilines is 1. The van der Waals surface area contributed by atoms with Gasteiger partial charge in [-0.05, 0) is 31.0 Å². The van der Waals surface area contributed by atoms with E-state index in [0.29, 0.717) is 31.7 Å². The molecule has 1 fully saturated rings. The summed E-state index contributed by atoms with van der Waals surface area (Å²) in [5, 5.41) is 8.93. The number of halogens is 1. The Morgan fingerprint density at radius 3 is 2.61 bits per heavy atom. The zero-order valence-electron chi connectivity index (χ0n) is 9.60. The average Bonchev–Trinajstić information content (AvgIpc) is 2.35. The monoisotopic (exact) mass is 291 g/mol. The molecule has 0 unspecified atom stereocenters. The predicted molar refractivity (Wildman–Crippen MR) is 69.5 cm³/mol. The van der Waals surface area contributed by atoms with Gasteiger partial charge in [0.2, 0.25) is 10.0 Å². The molecule has 1 heterocycles. The highest BCUT2D eigenvalue weighted by molar-refractivity contribution is 7.93. The normalized spacial score (nSPS) is 17.6. The second-order valence-electron chi connectivity index (χ2n) is 4.12. The molecule has 2 rings (SSSR count). The quantitative estimate of drug-likeness (QED) is 0.835. The molecule has 0 amide bonds. The molecular weight excluding hydrogens is 278 g/mol. The van der Waals surface area contributed by atoms with E-state index in [-0.39, 0.29) is 10.8 Å². The Hall–Kier alpha value is -0.980. The van der Waals surface area contributed by atoms with Crippen LogP contribution in [0.3, 0.4) is 0 Å². The largest absolute Gasteiger partial charge is 0.506 e. The van der Waals surface area contributed by atoms with E-state index in [1.807, 2.05) is 0 Å². The van der Waals surface area contributed by atoms with Gasteiger partial charge in [-0.15, -0.1) is 0 Å². The zero-order chi connectivity index (χ0) is 13.2. The van der Waals surface area contributed by atoms with E-state index < -0.39 is 15.3 Å². The number of rotatable bonds is 3. The van der Waals surface area contributed by atoms with Crippen molar-refractivity contribution in [3.8, 4) is 5.75 Å². The molecule has 0 aromatic heterocycles. The molecule has 1 saturated heterocycles. The molecule has 1 aromatic carbocycles. The molecule has 1 aliphatic heterocycles. The summed E-state index contributed by atoms with van der Waals surface area (Å²) in [7, 11) is -3.44. The molecule has 1 aromatic rings. The molecular formula is C11H14ClNO4S. The minimum atomic E-state index is -3.44. The topological polar surface area (TPSA) is 75.6 Å². The van der Waals surface area contributed by atoms with Gasteiger partial charge >= 0.3 is 0 Å². The fourth-order valence-corrected chi connectivity index (χ4v) is 3.42. The lowest BCUT2D eigenvalue weighted by Crippen LogP contribution is -2.33. The van der Waals surface area contributed by atoms with Crippen LogP contribution in [0.25, 0.3) is 0 Å². The minimum absolute atomic E-state index is 0.0781. The summed E-state index contributed by atoms with van der Waals surface area (Å²) < 4.78 is 31.8. The maximum Gasteiger partial charge on any atom is 0.235 e. The minimum Gasteiger partial charge on any atom is -0.506 e. The number of aromatic hydroxyl groups is 1. The van der Waals surface area contributed by atoms with Crippen LogP contribution in [-0.4, -0.2) is 32.0 Å². The first-order valence-electron chi connectivity index (χ1n) is 5.57. The van der Waals surface area contributed by atoms with Gasteiger partial charge in [0.25, 0.3) is 0 Å². The van der Waals surface area contributed by atoms with Crippen LogP contribution in [0.4, 0.5) is 5.69 Å². The summed E-state index contributed by atoms with van der Waals surface area (Å²) in [6.45, 7) is 0.920. The van der Waals surface area contributed by atoms with Gasteiger partial charge in [-0.2, -0.15) is 0 Å². The third-order valence-electron chi connectivity index (χ3n) is 2.81. The molecule has 1 aliphatic rings. The smallest absolute Gasteiger partial charge is 0.235 e. The molecule has 0 atom stereocenters. The Bertz CT molecular complexity index is 526. The highest BCUT2D eigenvalue weighted by Crippen LogP contribution is 2.27. The maximum atomic E-state index is 12.1. The van der Waals surface area contributed by atoms with E-state index in [2.05, 4.69) is 4.72 Å². The summed E-state index contributed by atoms with van der Waals surface area (Å²) in [6.07, 6.45) is 0.975. The molecule has 0 aliphatic carbocycles. The molecule has 0 saturated carbocycles. The number of benzene rings is 1. The standard InChI is InChI=1S/C11H14ClNO4S/c12-10-7-8(1-2-11(10)14)13-18(15,16)9-3-5-17-6-4-9/h1-2,7,9,13-14H,3-6H2. The van der Waals surface area contributed by atoms with Crippen LogP contribution in [0.5, 0.6) is 5.75 Å². The van der Waals surface area contributed by atoms with Crippen LogP contribution < -0.4 is 4.72 Å². The average molecular weight is 292 g/mol. The van der Waals surface area contributed by atoms with Crippen LogP contribution in [0, 0.1) is 0 Å². The van der Waals surface area contributed by atoms with Crippen molar-refractivity contribution in [2.24, 2.45) is 0 Å². The van der Waals surface area contributed by atoms with Gasteiger partial charge in [0, 0.05) is 13.2 Å². The molecule has 0 bridgehead atoms. The molecule has 100 valence electrons. The first-order valence-corrected chi connectivity index (χ1v) is 7.49. The first kappa shape index (κ1) is 13.5. The van der Waals surface area contributed by atoms with Crippen molar-refractivity contribution in [2.75, 3.05) is 17.9 Å². The second-order valence-corrected chi connectivity index (χ2v) is 6.49. The Morgan fingerprint density at radius 2 is 2.00 bits per heavy atom. The van der Waals surface area contributed by atoms with Gasteiger partial charge in [-0.25, -0.2) is 8.42 Å². The summed E-state index contributed by atoms with van der Waals surface area (Å²) in [5.74, 6) is -0.0781. The lowest BCUT2D eigenvalue weighted by molar-refractivity contribution is 0.0984. The van der Waals surface area contributed by atoms with Crippen molar-refractivity contribution in [1.29, 1.82) is 0 Å². The van der Waals surface area contributed by atoms with E-state index in [1.54, 1.807) is 0 Å². The van der Waals surface area contributed by atoms with Crippen molar-refractivity contribution in [1.82, 2.24) is 0 Å². The fraction of sp³-hybridized carbons (Fsp3) is 0.455. The van der Waals surface area contributed by atoms with Gasteiger partial charge in [0.15, 0.2) is 0 Å². The molecule has 0 spiro atoms. The molecule has 18 heavy (non-hydrogen) atoms. The van der Waals surface area contributed by atoms with Crippen LogP contribution in [-0.2, 0) is 14.8 Å². The Balaban J connectivity index is 2.13. The third-order valence-corrected chi connectivity index (χ3v) is 4.99. The molecule has 5 nitrogen and oxygen atoms in total. The summed E-state index contributed by atoms with van der Waals surface area (Å²) >= 11 is 5.72. The Morgan fingerprint density at radius 1 is 1.33 bits per heavy atom. The highest BCUT2D eigenvalue weighted by Gasteiger charge is 2.27. The lowest BCUT2D eigenvalue weighted by atomic mass is 10.2. The van der Waals surface area contributed by atoms with Gasteiger partial charge < -0.3 is 9.84 Å². The van der Waals surface area contributed by atoms with Gasteiger partial charge in [0.1, 0.15) is 5.75 Å². The zero-order valence-corrected chi connectivity index (χ0v) is 11.2. The van der Waals surface area contributed by atoms with Crippen LogP contribution in [0.2, 0.25) is 5.02 Å². The summed E-state index contributed by atoms with van der Waals surface area (Å²) in [5.41, 5.74) is 0.351. The predicted octanol–water partition coefficient (Wildman–Crippen LogP) is 1.97. The van der Waals surface area contributed by atoms with Crippen molar-refractivity contribution in [3.63, 3.8) is 0 Å². The Kier molecular flexibility index (Phi) is 3.99. The number of phenols is 1. The summed E-state index contributed by atoms with van der Waals surface area (Å²) in [4.78, 5) is 0. The van der Waals surface area contributed by atoms with Crippen LogP contribution >= 0.6 is 11.6 Å². The van der Waals surface area contributed by atoms with E-state index in [9.17, 15) is 13.5 Å².